The van der Waals surface area contributed by atoms with Gasteiger partial charge in [-0.3, -0.25) is 4.40 Å². The monoisotopic (exact) mass is 260 g/mol. The molecule has 6 heteroatoms. The first kappa shape index (κ1) is 12.3. The van der Waals surface area contributed by atoms with Crippen LogP contribution in [0.1, 0.15) is 25.6 Å². The van der Waals surface area contributed by atoms with E-state index >= 15 is 0 Å². The van der Waals surface area contributed by atoms with Crippen molar-refractivity contribution in [1.82, 2.24) is 24.5 Å². The van der Waals surface area contributed by atoms with Crippen molar-refractivity contribution >= 4 is 11.5 Å². The maximum atomic E-state index is 4.41. The number of fused-ring (bicyclic) bond motifs is 1. The molecule has 1 aliphatic rings. The second-order valence-electron chi connectivity index (χ2n) is 5.07. The van der Waals surface area contributed by atoms with Crippen LogP contribution in [0.15, 0.2) is 12.4 Å². The van der Waals surface area contributed by atoms with Crippen LogP contribution in [0.5, 0.6) is 0 Å². The number of nitrogens with one attached hydrogen (secondary N) is 1. The van der Waals surface area contributed by atoms with Gasteiger partial charge in [-0.2, -0.15) is 0 Å². The Morgan fingerprint density at radius 3 is 2.84 bits per heavy atom. The summed E-state index contributed by atoms with van der Waals surface area (Å²) in [5.41, 5.74) is 0.818. The van der Waals surface area contributed by atoms with Gasteiger partial charge in [-0.25, -0.2) is 4.98 Å². The summed E-state index contributed by atoms with van der Waals surface area (Å²) in [6.45, 7) is 7.62. The van der Waals surface area contributed by atoms with Crippen LogP contribution in [0.4, 0.5) is 5.82 Å². The summed E-state index contributed by atoms with van der Waals surface area (Å²) < 4.78 is 1.97. The largest absolute Gasteiger partial charge is 0.364 e. The standard InChI is InChI=1S/C13H20N6/c1-3-18-7-4-11(5-8-18)15-12-13-17-16-10(2)19(13)9-6-14-12/h6,9,11H,3-5,7-8H2,1-2H3,(H,14,15). The van der Waals surface area contributed by atoms with Crippen molar-refractivity contribution in [3.05, 3.63) is 18.2 Å². The molecule has 2 aromatic heterocycles. The van der Waals surface area contributed by atoms with Crippen LogP contribution in [0.3, 0.4) is 0 Å². The zero-order valence-electron chi connectivity index (χ0n) is 11.5. The minimum Gasteiger partial charge on any atom is -0.364 e. The molecule has 19 heavy (non-hydrogen) atoms. The molecule has 0 saturated carbocycles. The Hall–Kier alpha value is -1.69. The van der Waals surface area contributed by atoms with Gasteiger partial charge in [0.05, 0.1) is 0 Å². The molecule has 0 aromatic carbocycles. The molecule has 2 aromatic rings. The fourth-order valence-electron chi connectivity index (χ4n) is 2.63. The van der Waals surface area contributed by atoms with E-state index in [1.54, 1.807) is 6.20 Å². The molecule has 0 unspecified atom stereocenters. The lowest BCUT2D eigenvalue weighted by Crippen LogP contribution is -2.39. The Morgan fingerprint density at radius 1 is 1.32 bits per heavy atom. The number of hydrogen-bond acceptors (Lipinski definition) is 5. The van der Waals surface area contributed by atoms with E-state index in [0.717, 1.165) is 49.8 Å². The maximum absolute atomic E-state index is 4.41. The lowest BCUT2D eigenvalue weighted by molar-refractivity contribution is 0.229. The summed E-state index contributed by atoms with van der Waals surface area (Å²) in [6.07, 6.45) is 6.01. The topological polar surface area (TPSA) is 58.4 Å². The van der Waals surface area contributed by atoms with Gasteiger partial charge in [0, 0.05) is 31.5 Å². The molecule has 3 rings (SSSR count). The second kappa shape index (κ2) is 5.13. The number of hydrogen-bond donors (Lipinski definition) is 1. The molecule has 6 nitrogen and oxygen atoms in total. The number of likely N-dealkylation sites (tertiary alicyclic amines) is 1. The van der Waals surface area contributed by atoms with Gasteiger partial charge in [-0.05, 0) is 26.3 Å². The fourth-order valence-corrected chi connectivity index (χ4v) is 2.63. The predicted molar refractivity (Wildman–Crippen MR) is 74.3 cm³/mol. The first-order valence-corrected chi connectivity index (χ1v) is 6.93. The highest BCUT2D eigenvalue weighted by Crippen LogP contribution is 2.18. The van der Waals surface area contributed by atoms with Crippen LogP contribution in [0, 0.1) is 6.92 Å². The van der Waals surface area contributed by atoms with E-state index in [4.69, 9.17) is 0 Å². The molecule has 0 spiro atoms. The van der Waals surface area contributed by atoms with Gasteiger partial charge in [-0.1, -0.05) is 6.92 Å². The van der Waals surface area contributed by atoms with Crippen molar-refractivity contribution in [1.29, 1.82) is 0 Å². The average Bonchev–Trinajstić information content (AvgIpc) is 2.83. The number of piperidine rings is 1. The summed E-state index contributed by atoms with van der Waals surface area (Å²) in [6, 6.07) is 0.485. The molecule has 0 aliphatic carbocycles. The molecule has 0 atom stereocenters. The van der Waals surface area contributed by atoms with Crippen LogP contribution in [-0.4, -0.2) is 50.2 Å². The van der Waals surface area contributed by atoms with E-state index in [-0.39, 0.29) is 0 Å². The van der Waals surface area contributed by atoms with E-state index in [1.807, 2.05) is 17.5 Å². The van der Waals surface area contributed by atoms with E-state index in [1.165, 1.54) is 0 Å². The van der Waals surface area contributed by atoms with Gasteiger partial charge in [0.2, 0.25) is 5.65 Å². The molecular formula is C13H20N6. The van der Waals surface area contributed by atoms with Crippen molar-refractivity contribution in [3.8, 4) is 0 Å². The Balaban J connectivity index is 1.75. The van der Waals surface area contributed by atoms with Crippen molar-refractivity contribution in [2.45, 2.75) is 32.7 Å². The molecule has 102 valence electrons. The van der Waals surface area contributed by atoms with Crippen LogP contribution in [-0.2, 0) is 0 Å². The zero-order chi connectivity index (χ0) is 13.2. The summed E-state index contributed by atoms with van der Waals surface area (Å²) in [5.74, 6) is 1.74. The van der Waals surface area contributed by atoms with Crippen molar-refractivity contribution < 1.29 is 0 Å². The molecule has 1 N–H and O–H groups in total. The second-order valence-corrected chi connectivity index (χ2v) is 5.07. The summed E-state index contributed by atoms with van der Waals surface area (Å²) in [7, 11) is 0. The van der Waals surface area contributed by atoms with Gasteiger partial charge in [0.25, 0.3) is 0 Å². The number of aryl methyl sites for hydroxylation is 1. The summed E-state index contributed by atoms with van der Waals surface area (Å²) in [4.78, 5) is 6.89. The van der Waals surface area contributed by atoms with E-state index < -0.39 is 0 Å². The Bertz CT molecular complexity index is 555. The van der Waals surface area contributed by atoms with Crippen LogP contribution >= 0.6 is 0 Å². The van der Waals surface area contributed by atoms with Gasteiger partial charge in [-0.15, -0.1) is 10.2 Å². The van der Waals surface area contributed by atoms with Crippen LogP contribution in [0.2, 0.25) is 0 Å². The van der Waals surface area contributed by atoms with Crippen molar-refractivity contribution in [2.24, 2.45) is 0 Å². The summed E-state index contributed by atoms with van der Waals surface area (Å²) in [5, 5.41) is 11.8. The molecule has 0 radical (unpaired) electrons. The minimum absolute atomic E-state index is 0.485. The van der Waals surface area contributed by atoms with Gasteiger partial charge < -0.3 is 10.2 Å². The number of anilines is 1. The molecule has 0 bridgehead atoms. The van der Waals surface area contributed by atoms with Gasteiger partial charge in [0.15, 0.2) is 5.82 Å². The van der Waals surface area contributed by atoms with Crippen molar-refractivity contribution in [2.75, 3.05) is 25.0 Å². The lowest BCUT2D eigenvalue weighted by Gasteiger charge is -2.31. The van der Waals surface area contributed by atoms with E-state index in [0.29, 0.717) is 6.04 Å². The molecule has 0 amide bonds. The Morgan fingerprint density at radius 2 is 2.11 bits per heavy atom. The number of rotatable bonds is 3. The molecule has 1 aliphatic heterocycles. The smallest absolute Gasteiger partial charge is 0.203 e. The highest BCUT2D eigenvalue weighted by Gasteiger charge is 2.19. The van der Waals surface area contributed by atoms with E-state index in [2.05, 4.69) is 32.3 Å². The summed E-state index contributed by atoms with van der Waals surface area (Å²) >= 11 is 0. The highest BCUT2D eigenvalue weighted by atomic mass is 15.3. The average molecular weight is 260 g/mol. The van der Waals surface area contributed by atoms with Crippen LogP contribution < -0.4 is 5.32 Å². The van der Waals surface area contributed by atoms with Crippen LogP contribution in [0.25, 0.3) is 5.65 Å². The highest BCUT2D eigenvalue weighted by molar-refractivity contribution is 5.62. The van der Waals surface area contributed by atoms with Gasteiger partial charge >= 0.3 is 0 Å². The molecule has 1 fully saturated rings. The first-order valence-electron chi connectivity index (χ1n) is 6.93. The Labute approximate surface area is 112 Å². The lowest BCUT2D eigenvalue weighted by atomic mass is 10.1. The molecular weight excluding hydrogens is 240 g/mol. The minimum atomic E-state index is 0.485. The first-order chi connectivity index (χ1) is 9.28. The number of nitrogens with zero attached hydrogens (tertiary/aromatic N) is 5. The fraction of sp³-hybridized carbons (Fsp3) is 0.615. The molecule has 1 saturated heterocycles. The maximum Gasteiger partial charge on any atom is 0.203 e. The molecule has 3 heterocycles. The van der Waals surface area contributed by atoms with E-state index in [9.17, 15) is 0 Å². The quantitative estimate of drug-likeness (QED) is 0.902. The Kier molecular flexibility index (Phi) is 3.33. The van der Waals surface area contributed by atoms with Crippen molar-refractivity contribution in [3.63, 3.8) is 0 Å². The SMILES string of the molecule is CCN1CCC(Nc2nccn3c(C)nnc23)CC1. The third-order valence-corrected chi connectivity index (χ3v) is 3.87. The predicted octanol–water partition coefficient (Wildman–Crippen LogP) is 1.33. The third kappa shape index (κ3) is 2.40. The van der Waals surface area contributed by atoms with Gasteiger partial charge in [0.1, 0.15) is 5.82 Å². The third-order valence-electron chi connectivity index (χ3n) is 3.87. The zero-order valence-corrected chi connectivity index (χ0v) is 11.5. The number of aromatic nitrogens is 4. The normalized spacial score (nSPS) is 18.0.